The van der Waals surface area contributed by atoms with Crippen LogP contribution in [0.5, 0.6) is 0 Å². The molecule has 110 valence electrons. The molecule has 2 aromatic heterocycles. The second kappa shape index (κ2) is 4.12. The van der Waals surface area contributed by atoms with E-state index in [1.807, 2.05) is 4.57 Å². The van der Waals surface area contributed by atoms with Gasteiger partial charge in [-0.3, -0.25) is 4.39 Å². The molecular formula is C13H12ClFN4O2. The summed E-state index contributed by atoms with van der Waals surface area (Å²) in [5.74, 6) is 0.0581. The number of ether oxygens (including phenoxy) is 2. The van der Waals surface area contributed by atoms with E-state index < -0.39 is 0 Å². The van der Waals surface area contributed by atoms with Gasteiger partial charge in [-0.1, -0.05) is 11.6 Å². The number of fused-ring (bicyclic) bond motifs is 2. The number of nitrogens with zero attached hydrogens (tertiary/aromatic N) is 4. The van der Waals surface area contributed by atoms with Crippen molar-refractivity contribution in [2.75, 3.05) is 13.3 Å². The smallest absolute Gasteiger partial charge is 0.165 e. The van der Waals surface area contributed by atoms with Crippen molar-refractivity contribution in [1.82, 2.24) is 19.5 Å². The monoisotopic (exact) mass is 310 g/mol. The predicted molar refractivity (Wildman–Crippen MR) is 70.7 cm³/mol. The molecule has 3 aliphatic heterocycles. The molecule has 5 heterocycles. The van der Waals surface area contributed by atoms with E-state index in [1.165, 1.54) is 6.33 Å². The lowest BCUT2D eigenvalue weighted by molar-refractivity contribution is 0.0582. The molecule has 3 fully saturated rings. The SMILES string of the molecule is FCC1C2COC3C2OC1C3n1cnc2c(Cl)ncnc21. The molecule has 3 aliphatic rings. The highest BCUT2D eigenvalue weighted by atomic mass is 35.5. The van der Waals surface area contributed by atoms with Crippen LogP contribution >= 0.6 is 11.6 Å². The van der Waals surface area contributed by atoms with Gasteiger partial charge in [0.05, 0.1) is 37.9 Å². The first-order chi connectivity index (χ1) is 10.3. The minimum atomic E-state index is -0.388. The van der Waals surface area contributed by atoms with E-state index >= 15 is 0 Å². The molecule has 6 atom stereocenters. The Kier molecular flexibility index (Phi) is 2.40. The highest BCUT2D eigenvalue weighted by molar-refractivity contribution is 6.33. The molecule has 0 saturated carbocycles. The lowest BCUT2D eigenvalue weighted by Crippen LogP contribution is -2.40. The Morgan fingerprint density at radius 1 is 1.29 bits per heavy atom. The fourth-order valence-electron chi connectivity index (χ4n) is 4.10. The summed E-state index contributed by atoms with van der Waals surface area (Å²) in [6.45, 7) is 0.181. The third kappa shape index (κ3) is 1.41. The van der Waals surface area contributed by atoms with Crippen LogP contribution in [0.1, 0.15) is 6.04 Å². The van der Waals surface area contributed by atoms with Gasteiger partial charge in [-0.25, -0.2) is 15.0 Å². The summed E-state index contributed by atoms with van der Waals surface area (Å²) in [6, 6.07) is -0.106. The van der Waals surface area contributed by atoms with Gasteiger partial charge in [0.1, 0.15) is 17.9 Å². The van der Waals surface area contributed by atoms with E-state index in [0.717, 1.165) is 0 Å². The first-order valence-electron chi connectivity index (χ1n) is 6.95. The molecule has 8 heteroatoms. The molecule has 0 aliphatic carbocycles. The normalized spacial score (nSPS) is 40.5. The standard InChI is InChI=1S/C13H12ClFN4O2/c14-12-7-13(17-3-16-12)19(4-18-7)8-9-5(1-15)6-2-20-11(8)10(6)21-9/h3-6,8-11H,1-2H2. The lowest BCUT2D eigenvalue weighted by Gasteiger charge is -2.29. The summed E-state index contributed by atoms with van der Waals surface area (Å²) in [5, 5.41) is 0.315. The zero-order chi connectivity index (χ0) is 14.1. The van der Waals surface area contributed by atoms with E-state index in [-0.39, 0.29) is 42.9 Å². The third-order valence-electron chi connectivity index (χ3n) is 5.00. The van der Waals surface area contributed by atoms with Gasteiger partial charge in [-0.15, -0.1) is 0 Å². The predicted octanol–water partition coefficient (Wildman–Crippen LogP) is 1.40. The summed E-state index contributed by atoms with van der Waals surface area (Å²) >= 11 is 6.04. The molecule has 0 N–H and O–H groups in total. The molecule has 2 aromatic rings. The lowest BCUT2D eigenvalue weighted by atomic mass is 9.78. The third-order valence-corrected chi connectivity index (χ3v) is 5.28. The Morgan fingerprint density at radius 3 is 3.05 bits per heavy atom. The Bertz CT molecular complexity index is 725. The van der Waals surface area contributed by atoms with Gasteiger partial charge in [-0.05, 0) is 0 Å². The minimum Gasteiger partial charge on any atom is -0.373 e. The summed E-state index contributed by atoms with van der Waals surface area (Å²) in [4.78, 5) is 12.5. The van der Waals surface area contributed by atoms with Crippen molar-refractivity contribution in [3.63, 3.8) is 0 Å². The Balaban J connectivity index is 1.65. The van der Waals surface area contributed by atoms with Crippen LogP contribution in [0.3, 0.4) is 0 Å². The summed E-state index contributed by atoms with van der Waals surface area (Å²) in [7, 11) is 0. The van der Waals surface area contributed by atoms with Crippen LogP contribution in [0.2, 0.25) is 5.15 Å². The quantitative estimate of drug-likeness (QED) is 0.785. The van der Waals surface area contributed by atoms with Crippen LogP contribution in [0.25, 0.3) is 11.2 Å². The van der Waals surface area contributed by atoms with Crippen molar-refractivity contribution < 1.29 is 13.9 Å². The second-order valence-electron chi connectivity index (χ2n) is 5.82. The van der Waals surface area contributed by atoms with E-state index in [4.69, 9.17) is 21.1 Å². The van der Waals surface area contributed by atoms with Gasteiger partial charge < -0.3 is 14.0 Å². The van der Waals surface area contributed by atoms with Crippen molar-refractivity contribution >= 4 is 22.8 Å². The van der Waals surface area contributed by atoms with E-state index in [0.29, 0.717) is 22.9 Å². The number of halogens is 2. The van der Waals surface area contributed by atoms with Crippen molar-refractivity contribution in [2.24, 2.45) is 11.8 Å². The summed E-state index contributed by atoms with van der Waals surface area (Å²) in [5.41, 5.74) is 1.19. The maximum Gasteiger partial charge on any atom is 0.165 e. The first kappa shape index (κ1) is 12.3. The van der Waals surface area contributed by atoms with Crippen molar-refractivity contribution in [2.45, 2.75) is 24.4 Å². The molecule has 5 rings (SSSR count). The Hall–Kier alpha value is -1.31. The number of hydrogen-bond acceptors (Lipinski definition) is 5. The van der Waals surface area contributed by atoms with Crippen LogP contribution in [0, 0.1) is 11.8 Å². The summed E-state index contributed by atoms with van der Waals surface area (Å²) < 4.78 is 27.2. The molecule has 21 heavy (non-hydrogen) atoms. The fraction of sp³-hybridized carbons (Fsp3) is 0.615. The summed E-state index contributed by atoms with van der Waals surface area (Å²) in [6.07, 6.45) is 2.81. The number of aromatic nitrogens is 4. The van der Waals surface area contributed by atoms with Crippen LogP contribution < -0.4 is 0 Å². The first-order valence-corrected chi connectivity index (χ1v) is 7.33. The van der Waals surface area contributed by atoms with Crippen molar-refractivity contribution in [1.29, 1.82) is 0 Å². The molecule has 2 bridgehead atoms. The average Bonchev–Trinajstić information content (AvgIpc) is 3.18. The van der Waals surface area contributed by atoms with Crippen LogP contribution in [0.15, 0.2) is 12.7 Å². The van der Waals surface area contributed by atoms with Crippen LogP contribution in [-0.2, 0) is 9.47 Å². The molecule has 0 amide bonds. The zero-order valence-corrected chi connectivity index (χ0v) is 11.7. The molecule has 0 aromatic carbocycles. The second-order valence-corrected chi connectivity index (χ2v) is 6.18. The molecule has 6 unspecified atom stereocenters. The van der Waals surface area contributed by atoms with Gasteiger partial charge in [0, 0.05) is 11.8 Å². The largest absolute Gasteiger partial charge is 0.373 e. The topological polar surface area (TPSA) is 62.1 Å². The molecule has 6 nitrogen and oxygen atoms in total. The van der Waals surface area contributed by atoms with Gasteiger partial charge >= 0.3 is 0 Å². The molecule has 0 radical (unpaired) electrons. The highest BCUT2D eigenvalue weighted by Crippen LogP contribution is 2.54. The maximum absolute atomic E-state index is 13.4. The van der Waals surface area contributed by atoms with Gasteiger partial charge in [-0.2, -0.15) is 0 Å². The maximum atomic E-state index is 13.4. The van der Waals surface area contributed by atoms with E-state index in [2.05, 4.69) is 15.0 Å². The van der Waals surface area contributed by atoms with Crippen LogP contribution in [-0.4, -0.2) is 51.1 Å². The van der Waals surface area contributed by atoms with Gasteiger partial charge in [0.25, 0.3) is 0 Å². The average molecular weight is 311 g/mol. The van der Waals surface area contributed by atoms with Crippen molar-refractivity contribution in [3.05, 3.63) is 17.8 Å². The van der Waals surface area contributed by atoms with Gasteiger partial charge in [0.2, 0.25) is 0 Å². The zero-order valence-electron chi connectivity index (χ0n) is 10.9. The Morgan fingerprint density at radius 2 is 2.19 bits per heavy atom. The van der Waals surface area contributed by atoms with E-state index in [9.17, 15) is 4.39 Å². The minimum absolute atomic E-state index is 0.0180. The number of rotatable bonds is 2. The van der Waals surface area contributed by atoms with Gasteiger partial charge in [0.15, 0.2) is 10.8 Å². The highest BCUT2D eigenvalue weighted by Gasteiger charge is 2.64. The molecular weight excluding hydrogens is 299 g/mol. The number of hydrogen-bond donors (Lipinski definition) is 0. The number of imidazole rings is 1. The number of alkyl halides is 1. The van der Waals surface area contributed by atoms with Crippen LogP contribution in [0.4, 0.5) is 4.39 Å². The fourth-order valence-corrected chi connectivity index (χ4v) is 4.28. The van der Waals surface area contributed by atoms with Crippen molar-refractivity contribution in [3.8, 4) is 0 Å². The Labute approximate surface area is 124 Å². The molecule has 0 spiro atoms. The van der Waals surface area contributed by atoms with E-state index in [1.54, 1.807) is 6.33 Å². The molecule has 3 saturated heterocycles.